The number of nitrogens with two attached hydrogens (primary N) is 1. The van der Waals surface area contributed by atoms with Gasteiger partial charge in [-0.05, 0) is 48.5 Å². The Balaban J connectivity index is 1.55. The lowest BCUT2D eigenvalue weighted by Gasteiger charge is -2.41. The molecule has 1 amide bonds. The Morgan fingerprint density at radius 3 is 2.29 bits per heavy atom. The molecule has 4 rings (SSSR count). The molecular weight excluding hydrogens is 544 g/mol. The van der Waals surface area contributed by atoms with E-state index in [4.69, 9.17) is 24.9 Å². The predicted octanol–water partition coefficient (Wildman–Crippen LogP) is 2.36. The van der Waals surface area contributed by atoms with E-state index in [0.717, 1.165) is 11.3 Å². The summed E-state index contributed by atoms with van der Waals surface area (Å²) in [4.78, 5) is 61.4. The summed E-state index contributed by atoms with van der Waals surface area (Å²) in [5.74, 6) is -0.443. The van der Waals surface area contributed by atoms with Crippen LogP contribution in [0.2, 0.25) is 0 Å². The number of fused-ring (bicyclic) bond motifs is 1. The van der Waals surface area contributed by atoms with Crippen LogP contribution >= 0.6 is 0 Å². The smallest absolute Gasteiger partial charge is 0.410 e. The van der Waals surface area contributed by atoms with E-state index in [-0.39, 0.29) is 36.6 Å². The zero-order valence-electron chi connectivity index (χ0n) is 25.3. The Labute approximate surface area is 245 Å². The van der Waals surface area contributed by atoms with Crippen LogP contribution in [0.5, 0.6) is 0 Å². The first-order valence-corrected chi connectivity index (χ1v) is 14.0. The first-order chi connectivity index (χ1) is 19.6. The largest absolute Gasteiger partial charge is 0.462 e. The molecule has 0 spiro atoms. The van der Waals surface area contributed by atoms with Crippen molar-refractivity contribution in [3.63, 3.8) is 0 Å². The predicted molar refractivity (Wildman–Crippen MR) is 154 cm³/mol. The number of hydrogen-bond donors (Lipinski definition) is 1. The third-order valence-electron chi connectivity index (χ3n) is 6.47. The molecule has 0 aliphatic carbocycles. The van der Waals surface area contributed by atoms with Crippen molar-refractivity contribution in [2.24, 2.45) is 0 Å². The van der Waals surface area contributed by atoms with E-state index in [1.54, 1.807) is 43.7 Å². The first kappa shape index (κ1) is 30.7. The second-order valence-corrected chi connectivity index (χ2v) is 12.2. The Hall–Kier alpha value is -4.23. The summed E-state index contributed by atoms with van der Waals surface area (Å²) in [7, 11) is 0. The first-order valence-electron chi connectivity index (χ1n) is 14.0. The van der Waals surface area contributed by atoms with Gasteiger partial charge in [0.1, 0.15) is 28.6 Å². The quantitative estimate of drug-likeness (QED) is 0.402. The maximum absolute atomic E-state index is 13.4. The molecule has 42 heavy (non-hydrogen) atoms. The van der Waals surface area contributed by atoms with Crippen LogP contribution in [0.3, 0.4) is 0 Å². The van der Waals surface area contributed by atoms with Crippen molar-refractivity contribution in [2.75, 3.05) is 48.3 Å². The summed E-state index contributed by atoms with van der Waals surface area (Å²) >= 11 is 0. The molecule has 0 aromatic carbocycles. The van der Waals surface area contributed by atoms with E-state index in [2.05, 4.69) is 15.0 Å². The maximum Gasteiger partial charge on any atom is 0.410 e. The highest BCUT2D eigenvalue weighted by Gasteiger charge is 2.38. The van der Waals surface area contributed by atoms with Crippen molar-refractivity contribution in [1.29, 1.82) is 0 Å². The lowest BCUT2D eigenvalue weighted by Crippen LogP contribution is -2.58. The van der Waals surface area contributed by atoms with Gasteiger partial charge >= 0.3 is 18.0 Å². The molecule has 2 aromatic heterocycles. The Bertz CT molecular complexity index is 1340. The fraction of sp³-hybridized carbons (Fsp3) is 0.607. The van der Waals surface area contributed by atoms with Crippen LogP contribution in [0.1, 0.15) is 70.1 Å². The highest BCUT2D eigenvalue weighted by Crippen LogP contribution is 2.26. The molecule has 14 heteroatoms. The van der Waals surface area contributed by atoms with Gasteiger partial charge in [0.2, 0.25) is 11.9 Å². The number of carbonyl (C=O) groups excluding carboxylic acids is 3. The molecule has 2 aliphatic rings. The van der Waals surface area contributed by atoms with Gasteiger partial charge in [-0.25, -0.2) is 29.3 Å². The van der Waals surface area contributed by atoms with Crippen molar-refractivity contribution < 1.29 is 28.6 Å². The number of ether oxygens (including phenoxy) is 3. The molecule has 0 unspecified atom stereocenters. The normalized spacial score (nSPS) is 17.4. The number of carbonyl (C=O) groups is 3. The molecule has 2 aliphatic heterocycles. The van der Waals surface area contributed by atoms with Crippen molar-refractivity contribution in [3.8, 4) is 0 Å². The minimum absolute atomic E-state index is 0.0396. The Morgan fingerprint density at radius 2 is 1.64 bits per heavy atom. The summed E-state index contributed by atoms with van der Waals surface area (Å²) in [6.07, 6.45) is 3.22. The average molecular weight is 585 g/mol. The van der Waals surface area contributed by atoms with E-state index in [1.807, 2.05) is 25.7 Å². The number of rotatable bonds is 5. The van der Waals surface area contributed by atoms with Gasteiger partial charge in [-0.2, -0.15) is 4.98 Å². The van der Waals surface area contributed by atoms with Crippen molar-refractivity contribution in [2.45, 2.75) is 78.7 Å². The third kappa shape index (κ3) is 7.34. The molecule has 2 N–H and O–H groups in total. The Morgan fingerprint density at radius 1 is 0.952 bits per heavy atom. The van der Waals surface area contributed by atoms with Gasteiger partial charge in [0.15, 0.2) is 0 Å². The molecule has 0 radical (unpaired) electrons. The van der Waals surface area contributed by atoms with Crippen LogP contribution in [0, 0.1) is 0 Å². The van der Waals surface area contributed by atoms with Gasteiger partial charge in [0.25, 0.3) is 0 Å². The molecule has 4 heterocycles. The minimum Gasteiger partial charge on any atom is -0.462 e. The van der Waals surface area contributed by atoms with Crippen LogP contribution < -0.4 is 15.5 Å². The fourth-order valence-corrected chi connectivity index (χ4v) is 4.61. The molecule has 0 bridgehead atoms. The van der Waals surface area contributed by atoms with Gasteiger partial charge < -0.3 is 34.6 Å². The number of nitrogens with zero attached hydrogens (tertiary/aromatic N) is 7. The van der Waals surface area contributed by atoms with E-state index >= 15 is 0 Å². The SMILES string of the molecule is CCOC(=O)c1cnc(N2CCN(c3ncc4c(n3)CCN(C(=O)OC(C)(C)C)C4)C[C@@H]2C(=O)OC(C)(C)C)nc1N. The average Bonchev–Trinajstić information content (AvgIpc) is 2.90. The van der Waals surface area contributed by atoms with Crippen molar-refractivity contribution in [3.05, 3.63) is 29.2 Å². The Kier molecular flexibility index (Phi) is 8.73. The number of amides is 1. The molecule has 14 nitrogen and oxygen atoms in total. The molecule has 1 saturated heterocycles. The number of piperazine rings is 1. The lowest BCUT2D eigenvalue weighted by atomic mass is 10.1. The van der Waals surface area contributed by atoms with E-state index in [1.165, 1.54) is 6.20 Å². The standard InChI is InChI=1S/C28H40N8O6/c1-8-40-22(37)18-14-31-25(33-21(18)29)36-12-11-34(16-20(36)23(38)41-27(2,3)4)24-30-13-17-15-35(10-9-19(17)32-24)26(39)42-28(5,6)7/h13-14,20H,8-12,15-16H2,1-7H3,(H2,29,31,33)/t20-/m1/s1. The van der Waals surface area contributed by atoms with Crippen molar-refractivity contribution in [1.82, 2.24) is 24.8 Å². The summed E-state index contributed by atoms with van der Waals surface area (Å²) in [6, 6.07) is -0.798. The number of hydrogen-bond acceptors (Lipinski definition) is 13. The van der Waals surface area contributed by atoms with Crippen LogP contribution in [-0.2, 0) is 32.0 Å². The van der Waals surface area contributed by atoms with Crippen LogP contribution in [0.25, 0.3) is 0 Å². The fourth-order valence-electron chi connectivity index (χ4n) is 4.61. The van der Waals surface area contributed by atoms with Crippen LogP contribution in [0.4, 0.5) is 22.5 Å². The number of esters is 2. The van der Waals surface area contributed by atoms with Gasteiger partial charge in [0.05, 0.1) is 25.4 Å². The monoisotopic (exact) mass is 584 g/mol. The van der Waals surface area contributed by atoms with Gasteiger partial charge in [0, 0.05) is 44.0 Å². The zero-order chi connectivity index (χ0) is 30.8. The molecular formula is C28H40N8O6. The topological polar surface area (TPSA) is 166 Å². The number of aromatic nitrogens is 4. The second kappa shape index (κ2) is 11.9. The van der Waals surface area contributed by atoms with Crippen LogP contribution in [-0.4, -0.2) is 92.9 Å². The lowest BCUT2D eigenvalue weighted by molar-refractivity contribution is -0.156. The molecule has 228 valence electrons. The van der Waals surface area contributed by atoms with Crippen molar-refractivity contribution >= 4 is 35.7 Å². The molecule has 1 fully saturated rings. The van der Waals surface area contributed by atoms with E-state index in [0.29, 0.717) is 38.5 Å². The summed E-state index contributed by atoms with van der Waals surface area (Å²) < 4.78 is 16.3. The van der Waals surface area contributed by atoms with Gasteiger partial charge in [-0.15, -0.1) is 0 Å². The highest BCUT2D eigenvalue weighted by atomic mass is 16.6. The summed E-state index contributed by atoms with van der Waals surface area (Å²) in [5, 5.41) is 0. The molecule has 1 atom stereocenters. The maximum atomic E-state index is 13.4. The van der Waals surface area contributed by atoms with Gasteiger partial charge in [-0.1, -0.05) is 0 Å². The summed E-state index contributed by atoms with van der Waals surface area (Å²) in [5.41, 5.74) is 6.52. The highest BCUT2D eigenvalue weighted by molar-refractivity contribution is 5.94. The van der Waals surface area contributed by atoms with Gasteiger partial charge in [-0.3, -0.25) is 0 Å². The summed E-state index contributed by atoms with van der Waals surface area (Å²) in [6.45, 7) is 14.6. The number of anilines is 3. The third-order valence-corrected chi connectivity index (χ3v) is 6.47. The number of nitrogen functional groups attached to an aromatic ring is 1. The van der Waals surface area contributed by atoms with Crippen LogP contribution in [0.15, 0.2) is 12.4 Å². The molecule has 2 aromatic rings. The minimum atomic E-state index is -0.798. The van der Waals surface area contributed by atoms with E-state index < -0.39 is 29.2 Å². The zero-order valence-corrected chi connectivity index (χ0v) is 25.3. The van der Waals surface area contributed by atoms with E-state index in [9.17, 15) is 14.4 Å². The second-order valence-electron chi connectivity index (χ2n) is 12.2. The molecule has 0 saturated carbocycles.